The summed E-state index contributed by atoms with van der Waals surface area (Å²) in [7, 11) is 0. The summed E-state index contributed by atoms with van der Waals surface area (Å²) in [5, 5.41) is 1.24. The van der Waals surface area contributed by atoms with Crippen LogP contribution < -0.4 is 24.4 Å². The zero-order valence-electron chi connectivity index (χ0n) is 25.0. The Balaban J connectivity index is 1.56. The molecule has 44 heavy (non-hydrogen) atoms. The van der Waals surface area contributed by atoms with E-state index in [2.05, 4.69) is 0 Å². The Morgan fingerprint density at radius 3 is 2.25 bits per heavy atom. The van der Waals surface area contributed by atoms with Crippen molar-refractivity contribution in [3.05, 3.63) is 124 Å². The van der Waals surface area contributed by atoms with Gasteiger partial charge in [-0.05, 0) is 86.9 Å². The fraction of sp³-hybridized carbons (Fsp3) is 0.265. The Kier molecular flexibility index (Phi) is 9.93. The lowest BCUT2D eigenvalue weighted by molar-refractivity contribution is -0.127. The number of hydrogen-bond acceptors (Lipinski definition) is 6. The molecule has 1 aromatic heterocycles. The minimum absolute atomic E-state index is 0.138. The number of hydrogen-bond donors (Lipinski definition) is 0. The number of rotatable bonds is 10. The van der Waals surface area contributed by atoms with Crippen molar-refractivity contribution >= 4 is 46.5 Å². The molecule has 1 amide bonds. The van der Waals surface area contributed by atoms with Crippen LogP contribution in [0.3, 0.4) is 0 Å². The van der Waals surface area contributed by atoms with Gasteiger partial charge in [-0.2, -0.15) is 0 Å². The van der Waals surface area contributed by atoms with Crippen LogP contribution in [0.5, 0.6) is 11.5 Å². The second-order valence-electron chi connectivity index (χ2n) is 10.2. The van der Waals surface area contributed by atoms with Crippen molar-refractivity contribution in [3.63, 3.8) is 0 Å². The molecule has 0 N–H and O–H groups in total. The quantitative estimate of drug-likeness (QED) is 0.200. The Morgan fingerprint density at radius 2 is 1.61 bits per heavy atom. The number of carbonyl (C=O) groups excluding carboxylic acids is 1. The fourth-order valence-electron chi connectivity index (χ4n) is 5.13. The summed E-state index contributed by atoms with van der Waals surface area (Å²) in [6.07, 6.45) is 1.82. The van der Waals surface area contributed by atoms with E-state index < -0.39 is 6.04 Å². The van der Waals surface area contributed by atoms with Crippen LogP contribution in [0.15, 0.2) is 87.8 Å². The number of ether oxygens (including phenoxy) is 2. The minimum atomic E-state index is -0.638. The predicted octanol–water partition coefficient (Wildman–Crippen LogP) is 6.39. The SMILES string of the molecule is CCOc1cc(/C=c2/sc3n(c2=O)[C@@H](c2ccc(Cl)cc2)C(C(=O)N(CC)CC)=C(C)N=3)ccc1OCc1ccc(Cl)cc1. The Labute approximate surface area is 270 Å². The number of likely N-dealkylation sites (N-methyl/N-ethyl adjacent to an activating group) is 1. The number of thiazole rings is 1. The first-order chi connectivity index (χ1) is 21.2. The highest BCUT2D eigenvalue weighted by Gasteiger charge is 2.34. The third-order valence-electron chi connectivity index (χ3n) is 7.36. The van der Waals surface area contributed by atoms with Gasteiger partial charge < -0.3 is 14.4 Å². The number of fused-ring (bicyclic) bond motifs is 1. The van der Waals surface area contributed by atoms with Gasteiger partial charge in [0.15, 0.2) is 16.3 Å². The number of aromatic nitrogens is 1. The van der Waals surface area contributed by atoms with E-state index in [4.69, 9.17) is 37.7 Å². The first-order valence-electron chi connectivity index (χ1n) is 14.4. The number of carbonyl (C=O) groups is 1. The van der Waals surface area contributed by atoms with E-state index in [0.29, 0.717) is 68.5 Å². The molecular formula is C34H33Cl2N3O4S. The van der Waals surface area contributed by atoms with Gasteiger partial charge in [-0.1, -0.05) is 64.9 Å². The molecule has 0 radical (unpaired) electrons. The molecule has 7 nitrogen and oxygen atoms in total. The first-order valence-corrected chi connectivity index (χ1v) is 16.0. The van der Waals surface area contributed by atoms with E-state index in [-0.39, 0.29) is 11.5 Å². The smallest absolute Gasteiger partial charge is 0.271 e. The molecule has 0 aliphatic carbocycles. The maximum absolute atomic E-state index is 14.1. The van der Waals surface area contributed by atoms with Gasteiger partial charge in [-0.15, -0.1) is 0 Å². The van der Waals surface area contributed by atoms with Gasteiger partial charge in [-0.25, -0.2) is 4.99 Å². The maximum Gasteiger partial charge on any atom is 0.271 e. The summed E-state index contributed by atoms with van der Waals surface area (Å²) in [6, 6.07) is 19.7. The lowest BCUT2D eigenvalue weighted by Gasteiger charge is -2.29. The average Bonchev–Trinajstić information content (AvgIpc) is 3.31. The zero-order valence-corrected chi connectivity index (χ0v) is 27.3. The molecule has 1 atom stereocenters. The van der Waals surface area contributed by atoms with Crippen molar-refractivity contribution in [1.82, 2.24) is 9.47 Å². The molecular weight excluding hydrogens is 617 g/mol. The molecule has 0 unspecified atom stereocenters. The second kappa shape index (κ2) is 13.8. The van der Waals surface area contributed by atoms with Crippen molar-refractivity contribution < 1.29 is 14.3 Å². The molecule has 0 bridgehead atoms. The van der Waals surface area contributed by atoms with Crippen LogP contribution in [-0.4, -0.2) is 35.1 Å². The van der Waals surface area contributed by atoms with E-state index >= 15 is 0 Å². The molecule has 0 fully saturated rings. The first kappa shape index (κ1) is 31.6. The highest BCUT2D eigenvalue weighted by atomic mass is 35.5. The molecule has 4 aromatic rings. The summed E-state index contributed by atoms with van der Waals surface area (Å²) in [5.41, 5.74) is 3.38. The maximum atomic E-state index is 14.1. The van der Waals surface area contributed by atoms with Gasteiger partial charge in [0.2, 0.25) is 0 Å². The highest BCUT2D eigenvalue weighted by Crippen LogP contribution is 2.32. The van der Waals surface area contributed by atoms with Crippen molar-refractivity contribution in [2.75, 3.05) is 19.7 Å². The molecule has 1 aliphatic rings. The summed E-state index contributed by atoms with van der Waals surface area (Å²) in [4.78, 5) is 34.8. The standard InChI is InChI=1S/C34H33Cl2N3O4S/c1-5-38(6-2)33(41)30-21(4)37-34-39(31(30)24-11-15-26(36)16-12-24)32(40)29(44-34)19-23-10-17-27(28(18-23)42-7-3)43-20-22-8-13-25(35)14-9-22/h8-19,31H,5-7,20H2,1-4H3/b29-19+/t31-/m0/s1. The lowest BCUT2D eigenvalue weighted by Crippen LogP contribution is -2.43. The highest BCUT2D eigenvalue weighted by molar-refractivity contribution is 7.07. The van der Waals surface area contributed by atoms with E-state index in [1.807, 2.05) is 88.4 Å². The van der Waals surface area contributed by atoms with Gasteiger partial charge in [-0.3, -0.25) is 14.2 Å². The lowest BCUT2D eigenvalue weighted by atomic mass is 9.94. The third kappa shape index (κ3) is 6.62. The Bertz CT molecular complexity index is 1880. The number of allylic oxidation sites excluding steroid dienone is 1. The van der Waals surface area contributed by atoms with Crippen LogP contribution >= 0.6 is 34.5 Å². The van der Waals surface area contributed by atoms with E-state index in [1.54, 1.807) is 21.6 Å². The van der Waals surface area contributed by atoms with Crippen molar-refractivity contribution in [3.8, 4) is 11.5 Å². The van der Waals surface area contributed by atoms with Crippen LogP contribution in [0.4, 0.5) is 0 Å². The molecule has 3 aromatic carbocycles. The number of halogens is 2. The number of amides is 1. The third-order valence-corrected chi connectivity index (χ3v) is 8.85. The second-order valence-corrected chi connectivity index (χ2v) is 12.0. The van der Waals surface area contributed by atoms with Crippen LogP contribution in [0.25, 0.3) is 6.08 Å². The van der Waals surface area contributed by atoms with Crippen LogP contribution in [0, 0.1) is 0 Å². The van der Waals surface area contributed by atoms with Crippen molar-refractivity contribution in [2.45, 2.75) is 40.3 Å². The van der Waals surface area contributed by atoms with Gasteiger partial charge in [0.05, 0.1) is 28.5 Å². The molecule has 10 heteroatoms. The van der Waals surface area contributed by atoms with Gasteiger partial charge in [0.1, 0.15) is 6.61 Å². The molecule has 2 heterocycles. The van der Waals surface area contributed by atoms with Crippen molar-refractivity contribution in [2.24, 2.45) is 4.99 Å². The van der Waals surface area contributed by atoms with Crippen LogP contribution in [0.2, 0.25) is 10.0 Å². The van der Waals surface area contributed by atoms with E-state index in [1.165, 1.54) is 11.3 Å². The molecule has 228 valence electrons. The molecule has 1 aliphatic heterocycles. The van der Waals surface area contributed by atoms with Gasteiger partial charge >= 0.3 is 0 Å². The summed E-state index contributed by atoms with van der Waals surface area (Å²) >= 11 is 13.5. The minimum Gasteiger partial charge on any atom is -0.490 e. The topological polar surface area (TPSA) is 73.1 Å². The summed E-state index contributed by atoms with van der Waals surface area (Å²) in [5.74, 6) is 1.03. The largest absolute Gasteiger partial charge is 0.490 e. The summed E-state index contributed by atoms with van der Waals surface area (Å²) in [6.45, 7) is 9.51. The van der Waals surface area contributed by atoms with E-state index in [0.717, 1.165) is 16.7 Å². The van der Waals surface area contributed by atoms with Crippen LogP contribution in [-0.2, 0) is 11.4 Å². The monoisotopic (exact) mass is 649 g/mol. The van der Waals surface area contributed by atoms with Gasteiger partial charge in [0.25, 0.3) is 11.5 Å². The molecule has 0 saturated heterocycles. The Hall–Kier alpha value is -3.85. The molecule has 5 rings (SSSR count). The fourth-order valence-corrected chi connectivity index (χ4v) is 6.43. The van der Waals surface area contributed by atoms with Crippen molar-refractivity contribution in [1.29, 1.82) is 0 Å². The van der Waals surface area contributed by atoms with Crippen LogP contribution in [0.1, 0.15) is 50.4 Å². The van der Waals surface area contributed by atoms with E-state index in [9.17, 15) is 9.59 Å². The normalized spacial score (nSPS) is 14.7. The number of benzene rings is 3. The molecule has 0 spiro atoms. The van der Waals surface area contributed by atoms with Gasteiger partial charge in [0, 0.05) is 23.1 Å². The molecule has 0 saturated carbocycles. The zero-order chi connectivity index (χ0) is 31.4. The average molecular weight is 651 g/mol. The number of nitrogens with zero attached hydrogens (tertiary/aromatic N) is 3. The Morgan fingerprint density at radius 1 is 0.955 bits per heavy atom. The predicted molar refractivity (Wildman–Crippen MR) is 177 cm³/mol. The summed E-state index contributed by atoms with van der Waals surface area (Å²) < 4.78 is 14.1.